The summed E-state index contributed by atoms with van der Waals surface area (Å²) < 4.78 is 21.6. The molecule has 4 heteroatoms. The molecule has 0 radical (unpaired) electrons. The van der Waals surface area contributed by atoms with Crippen molar-refractivity contribution in [3.05, 3.63) is 0 Å². The minimum Gasteiger partial charge on any atom is -0.229 e. The van der Waals surface area contributed by atoms with Gasteiger partial charge in [-0.05, 0) is 18.3 Å². The maximum atomic E-state index is 10.8. The molecule has 0 fully saturated rings. The van der Waals surface area contributed by atoms with E-state index in [0.717, 1.165) is 6.42 Å². The van der Waals surface area contributed by atoms with Crippen molar-refractivity contribution in [3.63, 3.8) is 0 Å². The van der Waals surface area contributed by atoms with Crippen LogP contribution in [-0.4, -0.2) is 25.8 Å². The van der Waals surface area contributed by atoms with Crippen LogP contribution < -0.4 is 0 Å². The van der Waals surface area contributed by atoms with E-state index >= 15 is 0 Å². The standard InChI is InChI=1S/C9H19ClO2S/c1-9(2,3)8(10)6-5-7-13(4,11)12/h8H,5-7H2,1-4H3. The molecule has 80 valence electrons. The van der Waals surface area contributed by atoms with E-state index in [2.05, 4.69) is 20.8 Å². The van der Waals surface area contributed by atoms with Gasteiger partial charge in [-0.1, -0.05) is 20.8 Å². The first-order chi connectivity index (χ1) is 5.63. The monoisotopic (exact) mass is 226 g/mol. The third-order valence-electron chi connectivity index (χ3n) is 1.91. The summed E-state index contributed by atoms with van der Waals surface area (Å²) in [6.07, 6.45) is 2.68. The minimum absolute atomic E-state index is 0.0502. The van der Waals surface area contributed by atoms with Crippen LogP contribution in [0, 0.1) is 5.41 Å². The van der Waals surface area contributed by atoms with E-state index in [4.69, 9.17) is 11.6 Å². The van der Waals surface area contributed by atoms with Crippen LogP contribution in [0.1, 0.15) is 33.6 Å². The van der Waals surface area contributed by atoms with Gasteiger partial charge in [-0.2, -0.15) is 0 Å². The fourth-order valence-electron chi connectivity index (χ4n) is 0.958. The van der Waals surface area contributed by atoms with E-state index in [-0.39, 0.29) is 16.5 Å². The summed E-state index contributed by atoms with van der Waals surface area (Å²) in [5.41, 5.74) is 0.0546. The fraction of sp³-hybridized carbons (Fsp3) is 1.00. The van der Waals surface area contributed by atoms with Gasteiger partial charge in [0.15, 0.2) is 0 Å². The molecule has 0 heterocycles. The predicted octanol–water partition coefficient (Wildman–Crippen LogP) is 2.46. The zero-order valence-corrected chi connectivity index (χ0v) is 10.4. The van der Waals surface area contributed by atoms with Gasteiger partial charge in [0.05, 0.1) is 0 Å². The molecule has 0 aromatic rings. The number of rotatable bonds is 4. The van der Waals surface area contributed by atoms with Crippen LogP contribution in [0.4, 0.5) is 0 Å². The Balaban J connectivity index is 3.80. The molecular weight excluding hydrogens is 208 g/mol. The van der Waals surface area contributed by atoms with Gasteiger partial charge in [0, 0.05) is 17.4 Å². The first-order valence-corrected chi connectivity index (χ1v) is 6.94. The largest absolute Gasteiger partial charge is 0.229 e. The van der Waals surface area contributed by atoms with Crippen molar-refractivity contribution < 1.29 is 8.42 Å². The molecule has 0 aliphatic rings. The molecule has 13 heavy (non-hydrogen) atoms. The summed E-state index contributed by atoms with van der Waals surface area (Å²) in [5, 5.41) is 0.0502. The molecule has 2 nitrogen and oxygen atoms in total. The number of hydrogen-bond acceptors (Lipinski definition) is 2. The summed E-state index contributed by atoms with van der Waals surface area (Å²) >= 11 is 6.09. The molecule has 0 saturated heterocycles. The molecule has 0 amide bonds. The molecule has 1 atom stereocenters. The van der Waals surface area contributed by atoms with E-state index in [1.807, 2.05) is 0 Å². The van der Waals surface area contributed by atoms with Crippen LogP contribution in [0.2, 0.25) is 0 Å². The van der Waals surface area contributed by atoms with Crippen molar-refractivity contribution in [2.24, 2.45) is 5.41 Å². The second-order valence-electron chi connectivity index (χ2n) is 4.61. The van der Waals surface area contributed by atoms with Gasteiger partial charge in [0.1, 0.15) is 9.84 Å². The van der Waals surface area contributed by atoms with Crippen LogP contribution >= 0.6 is 11.6 Å². The highest BCUT2D eigenvalue weighted by Crippen LogP contribution is 2.27. The number of sulfone groups is 1. The first-order valence-electron chi connectivity index (χ1n) is 4.45. The summed E-state index contributed by atoms with van der Waals surface area (Å²) in [7, 11) is -2.82. The average molecular weight is 227 g/mol. The Kier molecular flexibility index (Phi) is 4.73. The number of hydrogen-bond donors (Lipinski definition) is 0. The Bertz CT molecular complexity index is 239. The molecule has 0 bridgehead atoms. The molecule has 0 saturated carbocycles. The molecule has 0 spiro atoms. The number of halogens is 1. The Labute approximate surface area is 86.6 Å². The van der Waals surface area contributed by atoms with Crippen molar-refractivity contribution in [1.82, 2.24) is 0 Å². The third-order valence-corrected chi connectivity index (χ3v) is 3.82. The van der Waals surface area contributed by atoms with Gasteiger partial charge in [-0.15, -0.1) is 11.6 Å². The lowest BCUT2D eigenvalue weighted by molar-refractivity contribution is 0.372. The van der Waals surface area contributed by atoms with Gasteiger partial charge < -0.3 is 0 Å². The van der Waals surface area contributed by atoms with Gasteiger partial charge in [-0.25, -0.2) is 8.42 Å². The smallest absolute Gasteiger partial charge is 0.147 e. The average Bonchev–Trinajstić information content (AvgIpc) is 1.82. The van der Waals surface area contributed by atoms with Gasteiger partial charge in [-0.3, -0.25) is 0 Å². The van der Waals surface area contributed by atoms with E-state index < -0.39 is 9.84 Å². The summed E-state index contributed by atoms with van der Waals surface area (Å²) in [5.74, 6) is 0.242. The maximum Gasteiger partial charge on any atom is 0.147 e. The van der Waals surface area contributed by atoms with Gasteiger partial charge in [0.25, 0.3) is 0 Å². The quantitative estimate of drug-likeness (QED) is 0.691. The van der Waals surface area contributed by atoms with Crippen molar-refractivity contribution in [1.29, 1.82) is 0 Å². The topological polar surface area (TPSA) is 34.1 Å². The summed E-state index contributed by atoms with van der Waals surface area (Å²) in [6.45, 7) is 6.18. The summed E-state index contributed by atoms with van der Waals surface area (Å²) in [4.78, 5) is 0. The second kappa shape index (κ2) is 4.65. The highest BCUT2D eigenvalue weighted by Gasteiger charge is 2.21. The normalized spacial score (nSPS) is 15.8. The molecule has 0 N–H and O–H groups in total. The molecule has 0 aromatic heterocycles. The second-order valence-corrected chi connectivity index (χ2v) is 7.39. The molecule has 1 unspecified atom stereocenters. The van der Waals surface area contributed by atoms with Crippen molar-refractivity contribution in [2.75, 3.05) is 12.0 Å². The Morgan fingerprint density at radius 3 is 2.08 bits per heavy atom. The van der Waals surface area contributed by atoms with Gasteiger partial charge in [0.2, 0.25) is 0 Å². The van der Waals surface area contributed by atoms with Crippen molar-refractivity contribution in [2.45, 2.75) is 39.0 Å². The van der Waals surface area contributed by atoms with Crippen molar-refractivity contribution in [3.8, 4) is 0 Å². The SMILES string of the molecule is CC(C)(C)C(Cl)CCCS(C)(=O)=O. The molecular formula is C9H19ClO2S. The van der Waals surface area contributed by atoms with E-state index in [1.165, 1.54) is 6.26 Å². The van der Waals surface area contributed by atoms with Gasteiger partial charge >= 0.3 is 0 Å². The zero-order valence-electron chi connectivity index (χ0n) is 8.80. The maximum absolute atomic E-state index is 10.8. The van der Waals surface area contributed by atoms with E-state index in [9.17, 15) is 8.42 Å². The Morgan fingerprint density at radius 2 is 1.77 bits per heavy atom. The third kappa shape index (κ3) is 7.32. The lowest BCUT2D eigenvalue weighted by atomic mass is 9.89. The summed E-state index contributed by atoms with van der Waals surface area (Å²) in [6, 6.07) is 0. The lowest BCUT2D eigenvalue weighted by Crippen LogP contribution is -2.21. The fourth-order valence-corrected chi connectivity index (χ4v) is 1.80. The Morgan fingerprint density at radius 1 is 1.31 bits per heavy atom. The van der Waals surface area contributed by atoms with Crippen LogP contribution in [0.3, 0.4) is 0 Å². The van der Waals surface area contributed by atoms with E-state index in [1.54, 1.807) is 0 Å². The molecule has 0 aliphatic heterocycles. The molecule has 0 aliphatic carbocycles. The van der Waals surface area contributed by atoms with Crippen LogP contribution in [-0.2, 0) is 9.84 Å². The van der Waals surface area contributed by atoms with Crippen LogP contribution in [0.5, 0.6) is 0 Å². The van der Waals surface area contributed by atoms with Crippen LogP contribution in [0.25, 0.3) is 0 Å². The number of alkyl halides is 1. The first kappa shape index (κ1) is 13.2. The highest BCUT2D eigenvalue weighted by molar-refractivity contribution is 7.90. The van der Waals surface area contributed by atoms with Crippen molar-refractivity contribution >= 4 is 21.4 Å². The predicted molar refractivity (Wildman–Crippen MR) is 58.0 cm³/mol. The highest BCUT2D eigenvalue weighted by atomic mass is 35.5. The Hall–Kier alpha value is 0.240. The minimum atomic E-state index is -2.82. The molecule has 0 aromatic carbocycles. The zero-order chi connectivity index (χ0) is 10.7. The van der Waals surface area contributed by atoms with E-state index in [0.29, 0.717) is 6.42 Å². The molecule has 0 rings (SSSR count). The lowest BCUT2D eigenvalue weighted by Gasteiger charge is -2.24. The van der Waals surface area contributed by atoms with Crippen LogP contribution in [0.15, 0.2) is 0 Å².